The van der Waals surface area contributed by atoms with Crippen LogP contribution in [-0.4, -0.2) is 43.4 Å². The molecule has 1 saturated carbocycles. The highest BCUT2D eigenvalue weighted by Crippen LogP contribution is 2.29. The fourth-order valence-corrected chi connectivity index (χ4v) is 3.28. The second-order valence-electron chi connectivity index (χ2n) is 5.56. The van der Waals surface area contributed by atoms with Gasteiger partial charge in [0.2, 0.25) is 0 Å². The van der Waals surface area contributed by atoms with Gasteiger partial charge in [-0.05, 0) is 38.0 Å². The van der Waals surface area contributed by atoms with Gasteiger partial charge in [-0.1, -0.05) is 0 Å². The molecule has 22 heavy (non-hydrogen) atoms. The Morgan fingerprint density at radius 3 is 2.77 bits per heavy atom. The molecular formula is C15H19N3O3S. The Morgan fingerprint density at radius 2 is 2.09 bits per heavy atom. The molecule has 1 aliphatic rings. The van der Waals surface area contributed by atoms with Crippen molar-refractivity contribution in [2.45, 2.75) is 36.8 Å². The zero-order valence-electron chi connectivity index (χ0n) is 12.6. The summed E-state index contributed by atoms with van der Waals surface area (Å²) in [5.74, 6) is 0.676. The minimum atomic E-state index is -3.25. The topological polar surface area (TPSA) is 81.2 Å². The molecule has 1 aliphatic carbocycles. The highest BCUT2D eigenvalue weighted by atomic mass is 32.2. The lowest BCUT2D eigenvalue weighted by atomic mass is 9.89. The number of nitrogens with zero attached hydrogens (tertiary/aromatic N) is 2. The van der Waals surface area contributed by atoms with E-state index < -0.39 is 9.84 Å². The second kappa shape index (κ2) is 5.81. The Morgan fingerprint density at radius 1 is 1.32 bits per heavy atom. The summed E-state index contributed by atoms with van der Waals surface area (Å²) >= 11 is 0. The quantitative estimate of drug-likeness (QED) is 0.907. The van der Waals surface area contributed by atoms with Gasteiger partial charge in [0.1, 0.15) is 12.1 Å². The minimum Gasteiger partial charge on any atom is -0.378 e. The summed E-state index contributed by atoms with van der Waals surface area (Å²) in [6.45, 7) is 2.72. The predicted molar refractivity (Wildman–Crippen MR) is 84.7 cm³/mol. The molecule has 6 nitrogen and oxygen atoms in total. The molecule has 0 radical (unpaired) electrons. The van der Waals surface area contributed by atoms with Gasteiger partial charge in [-0.25, -0.2) is 18.4 Å². The molecule has 0 amide bonds. The Kier molecular flexibility index (Phi) is 4.01. The molecule has 1 N–H and O–H groups in total. The maximum absolute atomic E-state index is 11.7. The van der Waals surface area contributed by atoms with E-state index in [0.717, 1.165) is 30.4 Å². The summed E-state index contributed by atoms with van der Waals surface area (Å²) < 4.78 is 29.0. The molecule has 1 aromatic carbocycles. The molecule has 1 heterocycles. The first kappa shape index (κ1) is 15.2. The number of rotatable bonds is 5. The number of hydrogen-bond acceptors (Lipinski definition) is 6. The maximum atomic E-state index is 11.7. The van der Waals surface area contributed by atoms with Crippen LogP contribution in [0, 0.1) is 0 Å². The molecule has 0 atom stereocenters. The number of anilines is 1. The van der Waals surface area contributed by atoms with E-state index in [4.69, 9.17) is 4.74 Å². The monoisotopic (exact) mass is 321 g/mol. The Labute approximate surface area is 129 Å². The summed E-state index contributed by atoms with van der Waals surface area (Å²) in [6, 6.07) is 5.22. The van der Waals surface area contributed by atoms with Crippen molar-refractivity contribution in [3.05, 3.63) is 24.5 Å². The van der Waals surface area contributed by atoms with Gasteiger partial charge in [-0.15, -0.1) is 0 Å². The first-order valence-electron chi connectivity index (χ1n) is 7.30. The first-order chi connectivity index (χ1) is 10.5. The van der Waals surface area contributed by atoms with Crippen molar-refractivity contribution in [1.82, 2.24) is 9.97 Å². The minimum absolute atomic E-state index is 0.277. The number of ether oxygens (including phenoxy) is 1. The highest BCUT2D eigenvalue weighted by Gasteiger charge is 2.30. The van der Waals surface area contributed by atoms with Crippen molar-refractivity contribution < 1.29 is 13.2 Å². The summed E-state index contributed by atoms with van der Waals surface area (Å²) in [4.78, 5) is 8.73. The van der Waals surface area contributed by atoms with E-state index in [1.807, 2.05) is 6.92 Å². The van der Waals surface area contributed by atoms with Gasteiger partial charge < -0.3 is 10.1 Å². The maximum Gasteiger partial charge on any atom is 0.175 e. The lowest BCUT2D eigenvalue weighted by molar-refractivity contribution is 0.00295. The van der Waals surface area contributed by atoms with E-state index in [-0.39, 0.29) is 4.90 Å². The van der Waals surface area contributed by atoms with Gasteiger partial charge in [0.25, 0.3) is 0 Å². The summed E-state index contributed by atoms with van der Waals surface area (Å²) in [7, 11) is -3.25. The lowest BCUT2D eigenvalue weighted by Gasteiger charge is -2.35. The predicted octanol–water partition coefficient (Wildman–Crippen LogP) is 2.01. The van der Waals surface area contributed by atoms with E-state index in [1.54, 1.807) is 18.2 Å². The Hall–Kier alpha value is -1.73. The Balaban J connectivity index is 1.86. The van der Waals surface area contributed by atoms with E-state index >= 15 is 0 Å². The number of fused-ring (bicyclic) bond motifs is 1. The number of nitrogens with one attached hydrogen (secondary N) is 1. The second-order valence-corrected chi connectivity index (χ2v) is 7.58. The molecule has 2 aromatic rings. The molecule has 0 aliphatic heterocycles. The number of hydrogen-bond donors (Lipinski definition) is 1. The smallest absolute Gasteiger partial charge is 0.175 e. The number of benzene rings is 1. The molecule has 1 fully saturated rings. The fourth-order valence-electron chi connectivity index (χ4n) is 2.63. The molecule has 118 valence electrons. The van der Waals surface area contributed by atoms with Crippen LogP contribution in [0.5, 0.6) is 0 Å². The summed E-state index contributed by atoms with van der Waals surface area (Å²) in [5.41, 5.74) is 0.727. The molecule has 0 unspecified atom stereocenters. The van der Waals surface area contributed by atoms with Crippen LogP contribution in [0.3, 0.4) is 0 Å². The average molecular weight is 321 g/mol. The SMILES string of the molecule is CCOC1CC(Nc2ncnc3ccc(S(C)(=O)=O)cc23)C1. The van der Waals surface area contributed by atoms with Gasteiger partial charge in [-0.2, -0.15) is 0 Å². The van der Waals surface area contributed by atoms with Gasteiger partial charge in [0, 0.05) is 24.3 Å². The zero-order chi connectivity index (χ0) is 15.7. The normalized spacial score (nSPS) is 21.5. The molecule has 7 heteroatoms. The van der Waals surface area contributed by atoms with E-state index in [0.29, 0.717) is 18.0 Å². The van der Waals surface area contributed by atoms with Gasteiger partial charge in [0.15, 0.2) is 9.84 Å². The first-order valence-corrected chi connectivity index (χ1v) is 9.19. The fraction of sp³-hybridized carbons (Fsp3) is 0.467. The third-order valence-electron chi connectivity index (χ3n) is 3.87. The lowest BCUT2D eigenvalue weighted by Crippen LogP contribution is -2.41. The molecule has 0 spiro atoms. The number of sulfone groups is 1. The standard InChI is InChI=1S/C15H19N3O3S/c1-3-21-11-6-10(7-11)18-15-13-8-12(22(2,19)20)4-5-14(13)16-9-17-15/h4-5,8-11H,3,6-7H2,1-2H3,(H,16,17,18). The van der Waals surface area contributed by atoms with Gasteiger partial charge in [-0.3, -0.25) is 0 Å². The molecule has 3 rings (SSSR count). The molecule has 0 bridgehead atoms. The van der Waals surface area contributed by atoms with Crippen molar-refractivity contribution in [2.24, 2.45) is 0 Å². The van der Waals surface area contributed by atoms with Crippen LogP contribution in [-0.2, 0) is 14.6 Å². The van der Waals surface area contributed by atoms with Crippen molar-refractivity contribution in [3.63, 3.8) is 0 Å². The van der Waals surface area contributed by atoms with Gasteiger partial charge >= 0.3 is 0 Å². The van der Waals surface area contributed by atoms with Crippen molar-refractivity contribution in [3.8, 4) is 0 Å². The molecule has 1 aromatic heterocycles. The van der Waals surface area contributed by atoms with Crippen molar-refractivity contribution in [2.75, 3.05) is 18.2 Å². The van der Waals surface area contributed by atoms with E-state index in [9.17, 15) is 8.42 Å². The van der Waals surface area contributed by atoms with Crippen LogP contribution < -0.4 is 5.32 Å². The van der Waals surface area contributed by atoms with Crippen LogP contribution >= 0.6 is 0 Å². The van der Waals surface area contributed by atoms with Crippen LogP contribution in [0.25, 0.3) is 10.9 Å². The molecular weight excluding hydrogens is 302 g/mol. The summed E-state index contributed by atoms with van der Waals surface area (Å²) in [6.07, 6.45) is 4.87. The van der Waals surface area contributed by atoms with E-state index in [2.05, 4.69) is 15.3 Å². The third kappa shape index (κ3) is 3.05. The van der Waals surface area contributed by atoms with E-state index in [1.165, 1.54) is 12.6 Å². The molecule has 0 saturated heterocycles. The van der Waals surface area contributed by atoms with Crippen molar-refractivity contribution in [1.29, 1.82) is 0 Å². The van der Waals surface area contributed by atoms with Crippen LogP contribution in [0.2, 0.25) is 0 Å². The third-order valence-corrected chi connectivity index (χ3v) is 4.98. The van der Waals surface area contributed by atoms with Crippen LogP contribution in [0.1, 0.15) is 19.8 Å². The summed E-state index contributed by atoms with van der Waals surface area (Å²) in [5, 5.41) is 4.09. The average Bonchev–Trinajstić information content (AvgIpc) is 2.44. The van der Waals surface area contributed by atoms with Crippen LogP contribution in [0.15, 0.2) is 29.4 Å². The largest absolute Gasteiger partial charge is 0.378 e. The van der Waals surface area contributed by atoms with Gasteiger partial charge in [0.05, 0.1) is 16.5 Å². The highest BCUT2D eigenvalue weighted by molar-refractivity contribution is 7.90. The van der Waals surface area contributed by atoms with Crippen LogP contribution in [0.4, 0.5) is 5.82 Å². The Bertz CT molecular complexity index is 786. The zero-order valence-corrected chi connectivity index (χ0v) is 13.4. The van der Waals surface area contributed by atoms with Crippen molar-refractivity contribution >= 4 is 26.6 Å². The number of aromatic nitrogens is 2.